The van der Waals surface area contributed by atoms with Crippen LogP contribution in [0.1, 0.15) is 12.5 Å². The molecule has 1 heterocycles. The van der Waals surface area contributed by atoms with Gasteiger partial charge < -0.3 is 15.4 Å². The molecule has 116 valence electrons. The highest BCUT2D eigenvalue weighted by molar-refractivity contribution is 7.89. The normalized spacial score (nSPS) is 22.8. The second-order valence-corrected chi connectivity index (χ2v) is 7.40. The number of carbonyl (C=O) groups is 1. The van der Waals surface area contributed by atoms with Crippen molar-refractivity contribution in [2.75, 3.05) is 24.7 Å². The second kappa shape index (κ2) is 6.55. The van der Waals surface area contributed by atoms with Gasteiger partial charge in [-0.15, -0.1) is 0 Å². The number of benzene rings is 1. The SMILES string of the molecule is C[C@H]1OCCN[C@@H]1C(=O)Nc1ccc(CS(C)(=O)=O)cc1. The first kappa shape index (κ1) is 15.9. The number of hydrogen-bond donors (Lipinski definition) is 2. The molecule has 0 radical (unpaired) electrons. The van der Waals surface area contributed by atoms with Gasteiger partial charge in [0.2, 0.25) is 5.91 Å². The van der Waals surface area contributed by atoms with Crippen molar-refractivity contribution in [3.8, 4) is 0 Å². The van der Waals surface area contributed by atoms with Gasteiger partial charge in [-0.3, -0.25) is 4.79 Å². The number of rotatable bonds is 4. The van der Waals surface area contributed by atoms with Crippen molar-refractivity contribution in [2.24, 2.45) is 0 Å². The van der Waals surface area contributed by atoms with Crippen LogP contribution in [0.4, 0.5) is 5.69 Å². The average molecular weight is 312 g/mol. The van der Waals surface area contributed by atoms with Crippen molar-refractivity contribution in [1.29, 1.82) is 0 Å². The molecule has 2 atom stereocenters. The first-order valence-electron chi connectivity index (χ1n) is 6.78. The van der Waals surface area contributed by atoms with Crippen molar-refractivity contribution in [2.45, 2.75) is 24.8 Å². The van der Waals surface area contributed by atoms with Gasteiger partial charge in [0.25, 0.3) is 0 Å². The highest BCUT2D eigenvalue weighted by Gasteiger charge is 2.28. The third-order valence-electron chi connectivity index (χ3n) is 3.25. The molecular formula is C14H20N2O4S. The van der Waals surface area contributed by atoms with E-state index in [1.54, 1.807) is 24.3 Å². The maximum absolute atomic E-state index is 12.1. The molecular weight excluding hydrogens is 292 g/mol. The molecule has 1 aliphatic rings. The van der Waals surface area contributed by atoms with Gasteiger partial charge in [-0.2, -0.15) is 0 Å². The van der Waals surface area contributed by atoms with E-state index < -0.39 is 9.84 Å². The molecule has 1 amide bonds. The summed E-state index contributed by atoms with van der Waals surface area (Å²) in [7, 11) is -3.05. The Bertz CT molecular complexity index is 598. The summed E-state index contributed by atoms with van der Waals surface area (Å²) >= 11 is 0. The number of sulfone groups is 1. The summed E-state index contributed by atoms with van der Waals surface area (Å²) in [6, 6.07) is 6.42. The van der Waals surface area contributed by atoms with Crippen molar-refractivity contribution in [1.82, 2.24) is 5.32 Å². The number of amides is 1. The van der Waals surface area contributed by atoms with Crippen molar-refractivity contribution >= 4 is 21.4 Å². The highest BCUT2D eigenvalue weighted by Crippen LogP contribution is 2.13. The number of morpholine rings is 1. The molecule has 0 aromatic heterocycles. The van der Waals surface area contributed by atoms with Gasteiger partial charge in [0, 0.05) is 18.5 Å². The van der Waals surface area contributed by atoms with Gasteiger partial charge in [0.15, 0.2) is 9.84 Å². The van der Waals surface area contributed by atoms with Gasteiger partial charge in [0.1, 0.15) is 6.04 Å². The van der Waals surface area contributed by atoms with Crippen LogP contribution in [-0.2, 0) is 25.1 Å². The van der Waals surface area contributed by atoms with Crippen LogP contribution in [0.15, 0.2) is 24.3 Å². The van der Waals surface area contributed by atoms with E-state index in [-0.39, 0.29) is 23.8 Å². The van der Waals surface area contributed by atoms with Gasteiger partial charge in [-0.25, -0.2) is 8.42 Å². The maximum atomic E-state index is 12.1. The third kappa shape index (κ3) is 4.80. The molecule has 1 aliphatic heterocycles. The first-order valence-corrected chi connectivity index (χ1v) is 8.84. The van der Waals surface area contributed by atoms with Gasteiger partial charge in [0.05, 0.1) is 18.5 Å². The number of anilines is 1. The van der Waals surface area contributed by atoms with Gasteiger partial charge in [-0.1, -0.05) is 12.1 Å². The van der Waals surface area contributed by atoms with Crippen molar-refractivity contribution < 1.29 is 17.9 Å². The molecule has 2 rings (SSSR count). The smallest absolute Gasteiger partial charge is 0.244 e. The molecule has 0 bridgehead atoms. The van der Waals surface area contributed by atoms with Crippen LogP contribution in [0.25, 0.3) is 0 Å². The fourth-order valence-electron chi connectivity index (χ4n) is 2.23. The van der Waals surface area contributed by atoms with Crippen LogP contribution in [0.2, 0.25) is 0 Å². The minimum atomic E-state index is -3.05. The standard InChI is InChI=1S/C14H20N2O4S/c1-10-13(15-7-8-20-10)14(17)16-12-5-3-11(4-6-12)9-21(2,18)19/h3-6,10,13,15H,7-9H2,1-2H3,(H,16,17)/t10-,13+/m1/s1. The number of nitrogens with one attached hydrogen (secondary N) is 2. The maximum Gasteiger partial charge on any atom is 0.244 e. The molecule has 21 heavy (non-hydrogen) atoms. The van der Waals surface area contributed by atoms with E-state index in [1.807, 2.05) is 6.92 Å². The van der Waals surface area contributed by atoms with Crippen LogP contribution in [-0.4, -0.2) is 45.9 Å². The van der Waals surface area contributed by atoms with E-state index in [9.17, 15) is 13.2 Å². The molecule has 0 saturated carbocycles. The summed E-state index contributed by atoms with van der Waals surface area (Å²) in [6.07, 6.45) is 1.02. The zero-order valence-electron chi connectivity index (χ0n) is 12.1. The first-order chi connectivity index (χ1) is 9.85. The fraction of sp³-hybridized carbons (Fsp3) is 0.500. The Morgan fingerprint density at radius 3 is 2.62 bits per heavy atom. The lowest BCUT2D eigenvalue weighted by Gasteiger charge is -2.29. The van der Waals surface area contributed by atoms with E-state index in [4.69, 9.17) is 4.74 Å². The minimum absolute atomic E-state index is 0.00369. The van der Waals surface area contributed by atoms with Crippen LogP contribution < -0.4 is 10.6 Å². The zero-order chi connectivity index (χ0) is 15.5. The highest BCUT2D eigenvalue weighted by atomic mass is 32.2. The predicted octanol–water partition coefficient (Wildman–Crippen LogP) is 0.547. The van der Waals surface area contributed by atoms with Crippen LogP contribution >= 0.6 is 0 Å². The Hall–Kier alpha value is -1.44. The molecule has 1 aromatic carbocycles. The number of hydrogen-bond acceptors (Lipinski definition) is 5. The Morgan fingerprint density at radius 2 is 2.05 bits per heavy atom. The molecule has 0 aliphatic carbocycles. The van der Waals surface area contributed by atoms with Gasteiger partial charge in [-0.05, 0) is 24.6 Å². The number of ether oxygens (including phenoxy) is 1. The molecule has 1 fully saturated rings. The Labute approximate surface area is 124 Å². The quantitative estimate of drug-likeness (QED) is 0.848. The van der Waals surface area contributed by atoms with Crippen molar-refractivity contribution in [3.05, 3.63) is 29.8 Å². The summed E-state index contributed by atoms with van der Waals surface area (Å²) in [5, 5.41) is 5.92. The minimum Gasteiger partial charge on any atom is -0.375 e. The lowest BCUT2D eigenvalue weighted by molar-refractivity contribution is -0.123. The van der Waals surface area contributed by atoms with Crippen molar-refractivity contribution in [3.63, 3.8) is 0 Å². The molecule has 1 aromatic rings. The van der Waals surface area contributed by atoms with Crippen LogP contribution in [0, 0.1) is 0 Å². The average Bonchev–Trinajstić information content (AvgIpc) is 2.40. The van der Waals surface area contributed by atoms with Gasteiger partial charge >= 0.3 is 0 Å². The van der Waals surface area contributed by atoms with Crippen LogP contribution in [0.3, 0.4) is 0 Å². The summed E-state index contributed by atoms with van der Waals surface area (Å²) in [4.78, 5) is 12.1. The van der Waals surface area contributed by atoms with E-state index in [0.29, 0.717) is 24.4 Å². The predicted molar refractivity (Wildman–Crippen MR) is 80.8 cm³/mol. The fourth-order valence-corrected chi connectivity index (χ4v) is 3.03. The Morgan fingerprint density at radius 1 is 1.38 bits per heavy atom. The molecule has 0 unspecified atom stereocenters. The largest absolute Gasteiger partial charge is 0.375 e. The van der Waals surface area contributed by atoms with Crippen LogP contribution in [0.5, 0.6) is 0 Å². The summed E-state index contributed by atoms with van der Waals surface area (Å²) < 4.78 is 27.9. The third-order valence-corrected chi connectivity index (χ3v) is 4.11. The lowest BCUT2D eigenvalue weighted by Crippen LogP contribution is -2.53. The Balaban J connectivity index is 1.98. The van der Waals surface area contributed by atoms with E-state index in [0.717, 1.165) is 0 Å². The molecule has 2 N–H and O–H groups in total. The topological polar surface area (TPSA) is 84.5 Å². The van der Waals surface area contributed by atoms with E-state index >= 15 is 0 Å². The summed E-state index contributed by atoms with van der Waals surface area (Å²) in [6.45, 7) is 3.10. The summed E-state index contributed by atoms with van der Waals surface area (Å²) in [5.41, 5.74) is 1.33. The lowest BCUT2D eigenvalue weighted by atomic mass is 10.1. The van der Waals surface area contributed by atoms with E-state index in [1.165, 1.54) is 6.26 Å². The molecule has 1 saturated heterocycles. The van der Waals surface area contributed by atoms with E-state index in [2.05, 4.69) is 10.6 Å². The Kier molecular flexibility index (Phi) is 4.97. The molecule has 7 heteroatoms. The number of carbonyl (C=O) groups excluding carboxylic acids is 1. The zero-order valence-corrected chi connectivity index (χ0v) is 12.9. The summed E-state index contributed by atoms with van der Waals surface area (Å²) in [5.74, 6) is -0.158. The monoisotopic (exact) mass is 312 g/mol. The molecule has 6 nitrogen and oxygen atoms in total. The second-order valence-electron chi connectivity index (χ2n) is 5.26. The molecule has 0 spiro atoms.